The molecule has 3 rings (SSSR count). The van der Waals surface area contributed by atoms with Crippen molar-refractivity contribution in [2.45, 2.75) is 25.0 Å². The Bertz CT molecular complexity index is 682. The third-order valence-electron chi connectivity index (χ3n) is 4.45. The van der Waals surface area contributed by atoms with Gasteiger partial charge in [-0.25, -0.2) is 4.39 Å². The second-order valence-corrected chi connectivity index (χ2v) is 6.41. The topological polar surface area (TPSA) is 74.9 Å². The third kappa shape index (κ3) is 5.06. The highest BCUT2D eigenvalue weighted by molar-refractivity contribution is 5.93. The highest BCUT2D eigenvalue weighted by Gasteiger charge is 2.24. The Morgan fingerprint density at radius 2 is 2.04 bits per heavy atom. The number of nitrogens with zero attached hydrogens (tertiary/aromatic N) is 1. The molecule has 2 aromatic rings. The van der Waals surface area contributed by atoms with Crippen molar-refractivity contribution in [3.05, 3.63) is 54.2 Å². The van der Waals surface area contributed by atoms with Gasteiger partial charge in [0, 0.05) is 25.7 Å². The summed E-state index contributed by atoms with van der Waals surface area (Å²) < 4.78 is 23.2. The molecule has 0 radical (unpaired) electrons. The molecule has 6 nitrogen and oxygen atoms in total. The second-order valence-electron chi connectivity index (χ2n) is 6.41. The van der Waals surface area contributed by atoms with Crippen LogP contribution in [0.3, 0.4) is 0 Å². The summed E-state index contributed by atoms with van der Waals surface area (Å²) in [6.07, 6.45) is 3.95. The minimum atomic E-state index is -0.661. The van der Waals surface area contributed by atoms with Crippen LogP contribution in [0, 0.1) is 5.82 Å². The Morgan fingerprint density at radius 3 is 2.69 bits per heavy atom. The lowest BCUT2D eigenvalue weighted by Crippen LogP contribution is -2.47. The van der Waals surface area contributed by atoms with Gasteiger partial charge in [-0.05, 0) is 43.2 Å². The van der Waals surface area contributed by atoms with Gasteiger partial charge in [-0.1, -0.05) is 0 Å². The first kappa shape index (κ1) is 18.4. The van der Waals surface area contributed by atoms with Crippen LogP contribution in [-0.2, 0) is 0 Å². The van der Waals surface area contributed by atoms with Crippen molar-refractivity contribution < 1.29 is 23.4 Å². The summed E-state index contributed by atoms with van der Waals surface area (Å²) >= 11 is 0. The van der Waals surface area contributed by atoms with Crippen LogP contribution >= 0.6 is 0 Å². The van der Waals surface area contributed by atoms with E-state index in [1.54, 1.807) is 6.07 Å². The predicted molar refractivity (Wildman–Crippen MR) is 93.5 cm³/mol. The van der Waals surface area contributed by atoms with Crippen LogP contribution in [0.5, 0.6) is 5.75 Å². The van der Waals surface area contributed by atoms with Gasteiger partial charge in [-0.2, -0.15) is 0 Å². The number of carbonyl (C=O) groups is 1. The van der Waals surface area contributed by atoms with Gasteiger partial charge in [-0.15, -0.1) is 0 Å². The number of benzene rings is 1. The number of ether oxygens (including phenoxy) is 1. The van der Waals surface area contributed by atoms with Crippen LogP contribution in [-0.4, -0.2) is 54.3 Å². The van der Waals surface area contributed by atoms with Crippen LogP contribution in [0.15, 0.2) is 47.3 Å². The van der Waals surface area contributed by atoms with E-state index in [1.165, 1.54) is 36.8 Å². The molecule has 140 valence electrons. The Labute approximate surface area is 151 Å². The fraction of sp³-hybridized carbons (Fsp3) is 0.421. The van der Waals surface area contributed by atoms with Gasteiger partial charge in [0.25, 0.3) is 5.91 Å². The molecule has 1 amide bonds. The fourth-order valence-corrected chi connectivity index (χ4v) is 2.94. The quantitative estimate of drug-likeness (QED) is 0.789. The standard InChI is InChI=1S/C19H23FN2O4/c20-15-1-3-18(4-2-15)26-13-17(23)11-21-16-5-8-22(9-6-16)19(24)14-7-10-25-12-14/h1-4,7,10,12,16-17,21,23H,5-6,8-9,11,13H2/t17-/m0/s1. The molecular weight excluding hydrogens is 339 g/mol. The van der Waals surface area contributed by atoms with Crippen LogP contribution < -0.4 is 10.1 Å². The molecule has 1 aliphatic heterocycles. The monoisotopic (exact) mass is 362 g/mol. The van der Waals surface area contributed by atoms with Gasteiger partial charge in [0.2, 0.25) is 0 Å². The highest BCUT2D eigenvalue weighted by Crippen LogP contribution is 2.15. The fourth-order valence-electron chi connectivity index (χ4n) is 2.94. The van der Waals surface area contributed by atoms with Crippen molar-refractivity contribution in [3.63, 3.8) is 0 Å². The van der Waals surface area contributed by atoms with Gasteiger partial charge in [-0.3, -0.25) is 4.79 Å². The summed E-state index contributed by atoms with van der Waals surface area (Å²) in [7, 11) is 0. The number of hydrogen-bond donors (Lipinski definition) is 2. The molecule has 2 N–H and O–H groups in total. The van der Waals surface area contributed by atoms with Gasteiger partial charge in [0.15, 0.2) is 0 Å². The zero-order valence-electron chi connectivity index (χ0n) is 14.4. The van der Waals surface area contributed by atoms with E-state index in [4.69, 9.17) is 9.15 Å². The summed E-state index contributed by atoms with van der Waals surface area (Å²) in [4.78, 5) is 14.1. The molecule has 2 heterocycles. The lowest BCUT2D eigenvalue weighted by molar-refractivity contribution is 0.0685. The van der Waals surface area contributed by atoms with Crippen molar-refractivity contribution in [2.24, 2.45) is 0 Å². The number of furan rings is 1. The number of hydrogen-bond acceptors (Lipinski definition) is 5. The van der Waals surface area contributed by atoms with Crippen LogP contribution in [0.2, 0.25) is 0 Å². The molecule has 0 saturated carbocycles. The van der Waals surface area contributed by atoms with E-state index in [1.807, 2.05) is 4.90 Å². The van der Waals surface area contributed by atoms with Crippen LogP contribution in [0.1, 0.15) is 23.2 Å². The smallest absolute Gasteiger partial charge is 0.257 e. The summed E-state index contributed by atoms with van der Waals surface area (Å²) in [5, 5.41) is 13.3. The summed E-state index contributed by atoms with van der Waals surface area (Å²) in [6.45, 7) is 1.88. The van der Waals surface area contributed by atoms with Crippen molar-refractivity contribution in [3.8, 4) is 5.75 Å². The van der Waals surface area contributed by atoms with Gasteiger partial charge >= 0.3 is 0 Å². The second kappa shape index (κ2) is 8.82. The molecule has 0 unspecified atom stereocenters. The molecule has 0 bridgehead atoms. The maximum Gasteiger partial charge on any atom is 0.257 e. The molecule has 7 heteroatoms. The average molecular weight is 362 g/mol. The minimum absolute atomic E-state index is 0.00932. The zero-order valence-corrected chi connectivity index (χ0v) is 14.4. The van der Waals surface area contributed by atoms with E-state index in [0.29, 0.717) is 30.9 Å². The van der Waals surface area contributed by atoms with Gasteiger partial charge < -0.3 is 24.5 Å². The Hall–Kier alpha value is -2.38. The maximum atomic E-state index is 12.8. The number of amides is 1. The minimum Gasteiger partial charge on any atom is -0.491 e. The van der Waals surface area contributed by atoms with Crippen LogP contribution in [0.25, 0.3) is 0 Å². The number of halogens is 1. The third-order valence-corrected chi connectivity index (χ3v) is 4.45. The molecule has 1 saturated heterocycles. The molecule has 1 aromatic carbocycles. The number of likely N-dealkylation sites (tertiary alicyclic amines) is 1. The molecule has 26 heavy (non-hydrogen) atoms. The Morgan fingerprint density at radius 1 is 1.31 bits per heavy atom. The molecular formula is C19H23FN2O4. The SMILES string of the molecule is O=C(c1ccoc1)N1CCC(NC[C@H](O)COc2ccc(F)cc2)CC1. The molecule has 0 spiro atoms. The highest BCUT2D eigenvalue weighted by atomic mass is 19.1. The maximum absolute atomic E-state index is 12.8. The van der Waals surface area contributed by atoms with Crippen molar-refractivity contribution >= 4 is 5.91 Å². The summed E-state index contributed by atoms with van der Waals surface area (Å²) in [5.41, 5.74) is 0.574. The first-order valence-corrected chi connectivity index (χ1v) is 8.73. The molecule has 1 fully saturated rings. The first-order chi connectivity index (χ1) is 12.6. The summed E-state index contributed by atoms with van der Waals surface area (Å²) in [6, 6.07) is 7.62. The summed E-state index contributed by atoms with van der Waals surface area (Å²) in [5.74, 6) is 0.193. The molecule has 1 aromatic heterocycles. The van der Waals surface area contributed by atoms with E-state index in [2.05, 4.69) is 5.32 Å². The Kier molecular flexibility index (Phi) is 6.25. The van der Waals surface area contributed by atoms with E-state index < -0.39 is 6.10 Å². The number of rotatable bonds is 7. The first-order valence-electron chi connectivity index (χ1n) is 8.73. The van der Waals surface area contributed by atoms with Crippen LogP contribution in [0.4, 0.5) is 4.39 Å². The molecule has 0 aliphatic carbocycles. The number of aliphatic hydroxyl groups is 1. The lowest BCUT2D eigenvalue weighted by atomic mass is 10.0. The van der Waals surface area contributed by atoms with E-state index >= 15 is 0 Å². The number of aliphatic hydroxyl groups excluding tert-OH is 1. The normalized spacial score (nSPS) is 16.5. The van der Waals surface area contributed by atoms with Crippen molar-refractivity contribution in [1.82, 2.24) is 10.2 Å². The Balaban J connectivity index is 1.34. The van der Waals surface area contributed by atoms with E-state index in [0.717, 1.165) is 12.8 Å². The predicted octanol–water partition coefficient (Wildman–Crippen LogP) is 2.05. The van der Waals surface area contributed by atoms with Gasteiger partial charge in [0.05, 0.1) is 11.8 Å². The molecule has 1 aliphatic rings. The van der Waals surface area contributed by atoms with Crippen molar-refractivity contribution in [2.75, 3.05) is 26.2 Å². The number of carbonyl (C=O) groups excluding carboxylic acids is 1. The largest absolute Gasteiger partial charge is 0.491 e. The van der Waals surface area contributed by atoms with E-state index in [9.17, 15) is 14.3 Å². The molecule has 1 atom stereocenters. The average Bonchev–Trinajstić information content (AvgIpc) is 3.20. The van der Waals surface area contributed by atoms with E-state index in [-0.39, 0.29) is 24.4 Å². The van der Waals surface area contributed by atoms with Crippen molar-refractivity contribution in [1.29, 1.82) is 0 Å². The van der Waals surface area contributed by atoms with Gasteiger partial charge in [0.1, 0.15) is 30.5 Å². The number of piperidine rings is 1. The lowest BCUT2D eigenvalue weighted by Gasteiger charge is -2.32. The number of nitrogens with one attached hydrogen (secondary N) is 1. The zero-order chi connectivity index (χ0) is 18.4.